The van der Waals surface area contributed by atoms with E-state index in [2.05, 4.69) is 26.6 Å². The number of halogens is 1. The monoisotopic (exact) mass is 564 g/mol. The maximum Gasteiger partial charge on any atom is 0.271 e. The Morgan fingerprint density at radius 2 is 1.78 bits per heavy atom. The minimum absolute atomic E-state index is 0.175. The van der Waals surface area contributed by atoms with Gasteiger partial charge in [-0.3, -0.25) is 19.7 Å². The number of non-ortho nitro benzene ring substituents is 1. The Bertz CT molecular complexity index is 1390. The molecule has 10 nitrogen and oxygen atoms in total. The highest BCUT2D eigenvalue weighted by Crippen LogP contribution is 2.37. The van der Waals surface area contributed by atoms with Crippen LogP contribution < -0.4 is 20.1 Å². The van der Waals surface area contributed by atoms with Gasteiger partial charge in [0.1, 0.15) is 11.6 Å². The zero-order chi connectivity index (χ0) is 26.8. The molecule has 2 amide bonds. The summed E-state index contributed by atoms with van der Waals surface area (Å²) in [4.78, 5) is 35.3. The van der Waals surface area contributed by atoms with Crippen molar-refractivity contribution >= 4 is 50.9 Å². The van der Waals surface area contributed by atoms with E-state index in [0.717, 1.165) is 0 Å². The Kier molecular flexibility index (Phi) is 9.35. The van der Waals surface area contributed by atoms with Gasteiger partial charge in [-0.1, -0.05) is 24.3 Å². The first-order valence-electron chi connectivity index (χ1n) is 10.9. The minimum atomic E-state index is -0.741. The number of hydrogen-bond donors (Lipinski definition) is 2. The Morgan fingerprint density at radius 3 is 2.46 bits per heavy atom. The smallest absolute Gasteiger partial charge is 0.271 e. The van der Waals surface area contributed by atoms with Crippen molar-refractivity contribution in [1.82, 2.24) is 0 Å². The molecule has 0 aliphatic carbocycles. The van der Waals surface area contributed by atoms with Crippen LogP contribution in [0.2, 0.25) is 0 Å². The molecule has 0 radical (unpaired) electrons. The number of ether oxygens (including phenoxy) is 2. The van der Waals surface area contributed by atoms with Crippen molar-refractivity contribution in [1.29, 1.82) is 5.26 Å². The number of amides is 2. The first-order valence-corrected chi connectivity index (χ1v) is 11.7. The van der Waals surface area contributed by atoms with E-state index in [0.29, 0.717) is 28.1 Å². The van der Waals surface area contributed by atoms with E-state index in [1.165, 1.54) is 30.3 Å². The first kappa shape index (κ1) is 26.9. The molecule has 0 atom stereocenters. The number of rotatable bonds is 10. The molecule has 0 saturated carbocycles. The van der Waals surface area contributed by atoms with Crippen LogP contribution in [0.15, 0.2) is 76.8 Å². The number of nitrogens with zero attached hydrogens (tertiary/aromatic N) is 2. The van der Waals surface area contributed by atoms with Crippen LogP contribution in [0.25, 0.3) is 6.08 Å². The summed E-state index contributed by atoms with van der Waals surface area (Å²) >= 11 is 3.40. The highest BCUT2D eigenvalue weighted by molar-refractivity contribution is 9.10. The fourth-order valence-electron chi connectivity index (χ4n) is 3.14. The zero-order valence-electron chi connectivity index (χ0n) is 19.6. The lowest BCUT2D eigenvalue weighted by molar-refractivity contribution is -0.384. The average molecular weight is 565 g/mol. The van der Waals surface area contributed by atoms with Gasteiger partial charge in [0, 0.05) is 23.5 Å². The lowest BCUT2D eigenvalue weighted by atomic mass is 10.1. The van der Waals surface area contributed by atoms with Crippen molar-refractivity contribution in [2.45, 2.75) is 6.92 Å². The van der Waals surface area contributed by atoms with Crippen molar-refractivity contribution in [3.63, 3.8) is 0 Å². The predicted molar refractivity (Wildman–Crippen MR) is 141 cm³/mol. The molecular formula is C26H21BrN4O6. The first-order chi connectivity index (χ1) is 17.8. The largest absolute Gasteiger partial charge is 0.490 e. The number of para-hydroxylation sites is 1. The van der Waals surface area contributed by atoms with Gasteiger partial charge in [0.2, 0.25) is 0 Å². The van der Waals surface area contributed by atoms with Crippen LogP contribution in [-0.4, -0.2) is 30.0 Å². The highest BCUT2D eigenvalue weighted by atomic mass is 79.9. The van der Waals surface area contributed by atoms with Gasteiger partial charge in [-0.25, -0.2) is 0 Å². The average Bonchev–Trinajstić information content (AvgIpc) is 2.87. The molecular weight excluding hydrogens is 544 g/mol. The molecule has 0 spiro atoms. The van der Waals surface area contributed by atoms with Gasteiger partial charge in [0.15, 0.2) is 18.1 Å². The topological polar surface area (TPSA) is 144 Å². The molecule has 2 N–H and O–H groups in total. The summed E-state index contributed by atoms with van der Waals surface area (Å²) < 4.78 is 11.8. The van der Waals surface area contributed by atoms with E-state index in [-0.39, 0.29) is 35.2 Å². The summed E-state index contributed by atoms with van der Waals surface area (Å²) in [5.41, 5.74) is 0.819. The van der Waals surface area contributed by atoms with E-state index in [1.807, 2.05) is 12.1 Å². The quantitative estimate of drug-likeness (QED) is 0.147. The van der Waals surface area contributed by atoms with Gasteiger partial charge in [-0.15, -0.1) is 0 Å². The number of anilines is 2. The molecule has 0 fully saturated rings. The van der Waals surface area contributed by atoms with Crippen LogP contribution in [0.4, 0.5) is 17.1 Å². The number of benzene rings is 3. The molecule has 3 aromatic rings. The molecule has 0 unspecified atom stereocenters. The van der Waals surface area contributed by atoms with Crippen LogP contribution in [0.5, 0.6) is 11.5 Å². The molecule has 3 aromatic carbocycles. The van der Waals surface area contributed by atoms with Crippen molar-refractivity contribution in [3.05, 3.63) is 92.5 Å². The van der Waals surface area contributed by atoms with E-state index >= 15 is 0 Å². The number of nitro benzene ring substituents is 1. The number of nitriles is 1. The van der Waals surface area contributed by atoms with Gasteiger partial charge >= 0.3 is 0 Å². The Balaban J connectivity index is 1.78. The molecule has 0 bridgehead atoms. The standard InChI is InChI=1S/C26H21BrN4O6/c1-2-36-23-13-17(11-18(15-28)26(33)30-20-9-6-10-21(14-20)31(34)35)12-22(27)25(23)37-16-24(32)29-19-7-4-3-5-8-19/h3-14H,2,16H2,1H3,(H,29,32)(H,30,33)/b18-11+. The van der Waals surface area contributed by atoms with Crippen LogP contribution in [0.1, 0.15) is 12.5 Å². The Hall–Kier alpha value is -4.69. The normalized spacial score (nSPS) is 10.7. The van der Waals surface area contributed by atoms with Gasteiger partial charge in [0.05, 0.1) is 16.0 Å². The molecule has 11 heteroatoms. The van der Waals surface area contributed by atoms with E-state index < -0.39 is 10.8 Å². The van der Waals surface area contributed by atoms with Gasteiger partial charge in [-0.2, -0.15) is 5.26 Å². The SMILES string of the molecule is CCOc1cc(/C=C(\C#N)C(=O)Nc2cccc([N+](=O)[O-])c2)cc(Br)c1OCC(=O)Nc1ccccc1. The van der Waals surface area contributed by atoms with Crippen LogP contribution in [-0.2, 0) is 9.59 Å². The summed E-state index contributed by atoms with van der Waals surface area (Å²) in [6, 6.07) is 19.3. The van der Waals surface area contributed by atoms with Gasteiger partial charge in [-0.05, 0) is 64.8 Å². The van der Waals surface area contributed by atoms with Crippen LogP contribution in [0.3, 0.4) is 0 Å². The highest BCUT2D eigenvalue weighted by Gasteiger charge is 2.16. The molecule has 0 heterocycles. The number of nitro groups is 1. The summed E-state index contributed by atoms with van der Waals surface area (Å²) in [5.74, 6) is -0.530. The predicted octanol–water partition coefficient (Wildman–Crippen LogP) is 5.32. The third-order valence-corrected chi connectivity index (χ3v) is 5.32. The van der Waals surface area contributed by atoms with Crippen LogP contribution >= 0.6 is 15.9 Å². The minimum Gasteiger partial charge on any atom is -0.490 e. The van der Waals surface area contributed by atoms with E-state index in [1.54, 1.807) is 43.3 Å². The maximum absolute atomic E-state index is 12.6. The van der Waals surface area contributed by atoms with Crippen molar-refractivity contribution < 1.29 is 24.0 Å². The molecule has 0 aliphatic rings. The maximum atomic E-state index is 12.6. The fraction of sp³-hybridized carbons (Fsp3) is 0.115. The summed E-state index contributed by atoms with van der Waals surface area (Å²) in [6.07, 6.45) is 1.34. The van der Waals surface area contributed by atoms with Crippen molar-refractivity contribution in [2.24, 2.45) is 0 Å². The summed E-state index contributed by atoms with van der Waals surface area (Å²) in [7, 11) is 0. The second kappa shape index (κ2) is 12.9. The fourth-order valence-corrected chi connectivity index (χ4v) is 3.72. The summed E-state index contributed by atoms with van der Waals surface area (Å²) in [6.45, 7) is 1.79. The second-order valence-electron chi connectivity index (χ2n) is 7.40. The molecule has 37 heavy (non-hydrogen) atoms. The molecule has 0 aliphatic heterocycles. The zero-order valence-corrected chi connectivity index (χ0v) is 21.2. The van der Waals surface area contributed by atoms with Gasteiger partial charge in [0.25, 0.3) is 17.5 Å². The third-order valence-electron chi connectivity index (χ3n) is 4.73. The van der Waals surface area contributed by atoms with Gasteiger partial charge < -0.3 is 20.1 Å². The Morgan fingerprint density at radius 1 is 1.05 bits per heavy atom. The second-order valence-corrected chi connectivity index (χ2v) is 8.25. The van der Waals surface area contributed by atoms with Crippen molar-refractivity contribution in [3.8, 4) is 17.6 Å². The number of nitrogens with one attached hydrogen (secondary N) is 2. The Labute approximate surface area is 220 Å². The third kappa shape index (κ3) is 7.65. The molecule has 0 saturated heterocycles. The molecule has 0 aromatic heterocycles. The van der Waals surface area contributed by atoms with E-state index in [4.69, 9.17) is 9.47 Å². The van der Waals surface area contributed by atoms with E-state index in [9.17, 15) is 25.0 Å². The molecule has 188 valence electrons. The number of carbonyl (C=O) groups excluding carboxylic acids is 2. The number of hydrogen-bond acceptors (Lipinski definition) is 7. The lowest BCUT2D eigenvalue weighted by Crippen LogP contribution is -2.20. The lowest BCUT2D eigenvalue weighted by Gasteiger charge is -2.15. The van der Waals surface area contributed by atoms with Crippen LogP contribution in [0, 0.1) is 21.4 Å². The molecule has 3 rings (SSSR count). The number of carbonyl (C=O) groups is 2. The summed E-state index contributed by atoms with van der Waals surface area (Å²) in [5, 5.41) is 25.7. The van der Waals surface area contributed by atoms with Crippen molar-refractivity contribution in [2.75, 3.05) is 23.8 Å².